The molecule has 158 valence electrons. The first-order valence-electron chi connectivity index (χ1n) is 10.0. The largest absolute Gasteiger partial charge is 0.483 e. The van der Waals surface area contributed by atoms with Gasteiger partial charge in [0.25, 0.3) is 6.47 Å². The number of amides is 1. The molecule has 5 rings (SSSR count). The number of benzene rings is 1. The van der Waals surface area contributed by atoms with Gasteiger partial charge in [0.15, 0.2) is 11.5 Å². The molecular weight excluding hydrogens is 376 g/mol. The zero-order valence-corrected chi connectivity index (χ0v) is 16.9. The zero-order valence-electron chi connectivity index (χ0n) is 16.9. The first-order valence-corrected chi connectivity index (χ1v) is 10.0. The molecule has 4 heterocycles. The molecule has 1 aromatic rings. The number of rotatable bonds is 4. The van der Waals surface area contributed by atoms with Gasteiger partial charge in [0.2, 0.25) is 12.7 Å². The molecule has 8 nitrogen and oxygen atoms in total. The molecule has 0 aliphatic carbocycles. The molecule has 1 spiro atoms. The standard InChI is InChI=1S/C20H26N2O4.CH2O2/c1-21(2)9-14-15-10-22(11-20(15)6-5-16(14)26-20)19(23)8-13-3-4-17-18(7-13)25-12-24-17;2-1-3/h3-4,7,14-16H,5-6,8-12H2,1-2H3;1H,(H,2,3)/t14-,15+,16+,20+;/m0./s1. The summed E-state index contributed by atoms with van der Waals surface area (Å²) in [5.74, 6) is 2.70. The van der Waals surface area contributed by atoms with Crippen LogP contribution in [0.25, 0.3) is 0 Å². The Labute approximate surface area is 170 Å². The third-order valence-corrected chi connectivity index (χ3v) is 6.50. The number of fused-ring (bicyclic) bond motifs is 2. The van der Waals surface area contributed by atoms with E-state index in [1.165, 1.54) is 0 Å². The monoisotopic (exact) mass is 404 g/mol. The van der Waals surface area contributed by atoms with Gasteiger partial charge < -0.3 is 29.1 Å². The van der Waals surface area contributed by atoms with Crippen molar-refractivity contribution >= 4 is 12.4 Å². The van der Waals surface area contributed by atoms with Crippen molar-refractivity contribution in [1.82, 2.24) is 9.80 Å². The second-order valence-corrected chi connectivity index (χ2v) is 8.54. The van der Waals surface area contributed by atoms with Gasteiger partial charge in [-0.15, -0.1) is 0 Å². The Morgan fingerprint density at radius 2 is 2.10 bits per heavy atom. The minimum atomic E-state index is -0.250. The number of likely N-dealkylation sites (tertiary alicyclic amines) is 1. The van der Waals surface area contributed by atoms with Crippen LogP contribution in [0, 0.1) is 11.8 Å². The van der Waals surface area contributed by atoms with Crippen LogP contribution in [0.5, 0.6) is 11.5 Å². The van der Waals surface area contributed by atoms with Crippen LogP contribution in [0.15, 0.2) is 18.2 Å². The van der Waals surface area contributed by atoms with Crippen molar-refractivity contribution < 1.29 is 28.9 Å². The minimum absolute atomic E-state index is 0.0874. The van der Waals surface area contributed by atoms with E-state index < -0.39 is 0 Å². The van der Waals surface area contributed by atoms with Crippen LogP contribution in [-0.2, 0) is 20.7 Å². The van der Waals surface area contributed by atoms with Crippen LogP contribution in [0.4, 0.5) is 0 Å². The van der Waals surface area contributed by atoms with Crippen molar-refractivity contribution in [3.8, 4) is 11.5 Å². The first kappa shape index (κ1) is 20.0. The molecular formula is C21H28N2O6. The normalized spacial score (nSPS) is 30.9. The molecule has 0 saturated carbocycles. The van der Waals surface area contributed by atoms with E-state index in [2.05, 4.69) is 19.0 Å². The molecule has 1 amide bonds. The van der Waals surface area contributed by atoms with Crippen molar-refractivity contribution in [3.63, 3.8) is 0 Å². The van der Waals surface area contributed by atoms with E-state index in [1.54, 1.807) is 0 Å². The molecule has 4 aliphatic heterocycles. The SMILES string of the molecule is CN(C)C[C@H]1[C@H]2CN(C(=O)Cc3ccc4c(c3)OCO4)C[C@]23CC[C@H]1O3.O=CO. The number of hydrogen-bond acceptors (Lipinski definition) is 6. The van der Waals surface area contributed by atoms with Crippen molar-refractivity contribution in [3.05, 3.63) is 23.8 Å². The van der Waals surface area contributed by atoms with Crippen LogP contribution in [0.1, 0.15) is 18.4 Å². The number of carbonyl (C=O) groups excluding carboxylic acids is 1. The molecule has 1 aromatic carbocycles. The summed E-state index contributed by atoms with van der Waals surface area (Å²) in [7, 11) is 4.24. The lowest BCUT2D eigenvalue weighted by molar-refractivity contribution is -0.131. The highest BCUT2D eigenvalue weighted by Gasteiger charge is 2.63. The molecule has 1 N–H and O–H groups in total. The fourth-order valence-electron chi connectivity index (χ4n) is 5.38. The molecule has 3 fully saturated rings. The number of nitrogens with zero attached hydrogens (tertiary/aromatic N) is 2. The van der Waals surface area contributed by atoms with Gasteiger partial charge in [0.05, 0.1) is 24.7 Å². The zero-order chi connectivity index (χ0) is 20.6. The number of hydrogen-bond donors (Lipinski definition) is 1. The summed E-state index contributed by atoms with van der Waals surface area (Å²) >= 11 is 0. The number of carbonyl (C=O) groups is 2. The van der Waals surface area contributed by atoms with Gasteiger partial charge in [-0.25, -0.2) is 0 Å². The first-order chi connectivity index (χ1) is 14.0. The van der Waals surface area contributed by atoms with Gasteiger partial charge >= 0.3 is 0 Å². The average molecular weight is 404 g/mol. The predicted octanol–water partition coefficient (Wildman–Crippen LogP) is 1.23. The van der Waals surface area contributed by atoms with E-state index in [1.807, 2.05) is 23.1 Å². The maximum absolute atomic E-state index is 12.9. The smallest absolute Gasteiger partial charge is 0.290 e. The van der Waals surface area contributed by atoms with E-state index in [9.17, 15) is 4.79 Å². The van der Waals surface area contributed by atoms with Crippen LogP contribution >= 0.6 is 0 Å². The Morgan fingerprint density at radius 1 is 1.34 bits per heavy atom. The van der Waals surface area contributed by atoms with E-state index in [0.717, 1.165) is 49.5 Å². The van der Waals surface area contributed by atoms with Gasteiger partial charge in [-0.1, -0.05) is 6.07 Å². The summed E-state index contributed by atoms with van der Waals surface area (Å²) in [5, 5.41) is 6.89. The summed E-state index contributed by atoms with van der Waals surface area (Å²) in [6.45, 7) is 2.63. The summed E-state index contributed by atoms with van der Waals surface area (Å²) in [6.07, 6.45) is 3.02. The van der Waals surface area contributed by atoms with Crippen molar-refractivity contribution in [2.75, 3.05) is 40.5 Å². The average Bonchev–Trinajstić information content (AvgIpc) is 3.42. The van der Waals surface area contributed by atoms with Crippen molar-refractivity contribution in [2.45, 2.75) is 31.0 Å². The quantitative estimate of drug-likeness (QED) is 0.755. The van der Waals surface area contributed by atoms with Crippen LogP contribution in [0.2, 0.25) is 0 Å². The molecule has 29 heavy (non-hydrogen) atoms. The second kappa shape index (κ2) is 7.84. The lowest BCUT2D eigenvalue weighted by atomic mass is 9.73. The summed E-state index contributed by atoms with van der Waals surface area (Å²) in [5.41, 5.74) is 0.888. The Balaban J connectivity index is 0.000000645. The third kappa shape index (κ3) is 3.67. The summed E-state index contributed by atoms with van der Waals surface area (Å²) < 4.78 is 17.2. The lowest BCUT2D eigenvalue weighted by Gasteiger charge is -2.30. The number of ether oxygens (including phenoxy) is 3. The third-order valence-electron chi connectivity index (χ3n) is 6.50. The maximum Gasteiger partial charge on any atom is 0.290 e. The topological polar surface area (TPSA) is 88.5 Å². The molecule has 0 radical (unpaired) electrons. The van der Waals surface area contributed by atoms with Gasteiger partial charge in [-0.2, -0.15) is 0 Å². The van der Waals surface area contributed by atoms with Gasteiger partial charge in [-0.3, -0.25) is 9.59 Å². The highest BCUT2D eigenvalue weighted by Crippen LogP contribution is 2.55. The van der Waals surface area contributed by atoms with Crippen molar-refractivity contribution in [1.29, 1.82) is 0 Å². The molecule has 4 aliphatic rings. The minimum Gasteiger partial charge on any atom is -0.483 e. The Morgan fingerprint density at radius 3 is 2.86 bits per heavy atom. The van der Waals surface area contributed by atoms with E-state index in [-0.39, 0.29) is 24.8 Å². The maximum atomic E-state index is 12.9. The molecule has 0 aromatic heterocycles. The van der Waals surface area contributed by atoms with Crippen LogP contribution in [-0.4, -0.2) is 79.5 Å². The fourth-order valence-corrected chi connectivity index (χ4v) is 5.38. The summed E-state index contributed by atoms with van der Waals surface area (Å²) in [4.78, 5) is 25.6. The Kier molecular flexibility index (Phi) is 5.40. The van der Waals surface area contributed by atoms with Gasteiger partial charge in [0.1, 0.15) is 0 Å². The molecule has 3 saturated heterocycles. The van der Waals surface area contributed by atoms with Crippen LogP contribution in [0.3, 0.4) is 0 Å². The predicted molar refractivity (Wildman–Crippen MR) is 104 cm³/mol. The number of carboxylic acid groups (broad SMARTS) is 1. The molecule has 0 unspecified atom stereocenters. The van der Waals surface area contributed by atoms with Gasteiger partial charge in [-0.05, 0) is 44.6 Å². The van der Waals surface area contributed by atoms with Crippen LogP contribution < -0.4 is 9.47 Å². The summed E-state index contributed by atoms with van der Waals surface area (Å²) in [6, 6.07) is 5.77. The second-order valence-electron chi connectivity index (χ2n) is 8.54. The Hall–Kier alpha value is -2.32. The molecule has 2 bridgehead atoms. The Bertz CT molecular complexity index is 784. The molecule has 8 heteroatoms. The lowest BCUT2D eigenvalue weighted by Crippen LogP contribution is -2.40. The molecule has 4 atom stereocenters. The van der Waals surface area contributed by atoms with E-state index >= 15 is 0 Å². The fraction of sp³-hybridized carbons (Fsp3) is 0.619. The van der Waals surface area contributed by atoms with E-state index in [0.29, 0.717) is 24.4 Å². The van der Waals surface area contributed by atoms with Crippen molar-refractivity contribution in [2.24, 2.45) is 11.8 Å². The van der Waals surface area contributed by atoms with Gasteiger partial charge in [0, 0.05) is 24.9 Å². The highest BCUT2D eigenvalue weighted by molar-refractivity contribution is 5.79. The highest BCUT2D eigenvalue weighted by atomic mass is 16.7. The van der Waals surface area contributed by atoms with E-state index in [4.69, 9.17) is 24.1 Å².